The molecular formula is C18H18N2O5S2. The number of benzene rings is 2. The highest BCUT2D eigenvalue weighted by molar-refractivity contribution is 7.89. The Morgan fingerprint density at radius 1 is 1.11 bits per heavy atom. The Kier molecular flexibility index (Phi) is 4.45. The van der Waals surface area contributed by atoms with Crippen LogP contribution in [-0.4, -0.2) is 26.2 Å². The van der Waals surface area contributed by atoms with E-state index in [1.807, 2.05) is 6.07 Å². The van der Waals surface area contributed by atoms with Crippen molar-refractivity contribution < 1.29 is 17.9 Å². The van der Waals surface area contributed by atoms with Gasteiger partial charge in [0.15, 0.2) is 11.5 Å². The number of hydrogen-bond donors (Lipinski definition) is 1. The highest BCUT2D eigenvalue weighted by atomic mass is 32.2. The first-order valence-corrected chi connectivity index (χ1v) is 10.7. The van der Waals surface area contributed by atoms with Crippen LogP contribution in [0.2, 0.25) is 0 Å². The SMILES string of the molecule is C[C@@H](NS(=O)(=O)c1ccc2c(c1)sc(=O)n2C)c1ccc2c(c1)OCCO2. The van der Waals surface area contributed by atoms with Gasteiger partial charge in [-0.1, -0.05) is 17.4 Å². The average Bonchev–Trinajstić information content (AvgIpc) is 2.94. The number of ether oxygens (including phenoxy) is 2. The molecule has 4 rings (SSSR count). The third kappa shape index (κ3) is 3.33. The molecule has 1 aliphatic rings. The molecule has 2 heterocycles. The standard InChI is InChI=1S/C18H18N2O5S2/c1-11(12-3-6-15-16(9-12)25-8-7-24-15)19-27(22,23)13-4-5-14-17(10-13)26-18(21)20(14)2/h3-6,9-11,19H,7-8H2,1-2H3/t11-/m1/s1. The van der Waals surface area contributed by atoms with Gasteiger partial charge < -0.3 is 14.0 Å². The number of nitrogens with one attached hydrogen (secondary N) is 1. The summed E-state index contributed by atoms with van der Waals surface area (Å²) in [6.07, 6.45) is 0. The van der Waals surface area contributed by atoms with E-state index in [1.165, 1.54) is 16.7 Å². The van der Waals surface area contributed by atoms with Gasteiger partial charge in [-0.15, -0.1) is 0 Å². The van der Waals surface area contributed by atoms with Crippen LogP contribution in [0.5, 0.6) is 11.5 Å². The topological polar surface area (TPSA) is 86.6 Å². The molecule has 0 saturated carbocycles. The van der Waals surface area contributed by atoms with E-state index < -0.39 is 16.1 Å². The Bertz CT molecular complexity index is 1180. The van der Waals surface area contributed by atoms with Crippen molar-refractivity contribution in [3.8, 4) is 11.5 Å². The van der Waals surface area contributed by atoms with Crippen molar-refractivity contribution in [1.82, 2.24) is 9.29 Å². The number of aromatic nitrogens is 1. The van der Waals surface area contributed by atoms with Crippen molar-refractivity contribution in [2.75, 3.05) is 13.2 Å². The lowest BCUT2D eigenvalue weighted by Gasteiger charge is -2.21. The largest absolute Gasteiger partial charge is 0.486 e. The summed E-state index contributed by atoms with van der Waals surface area (Å²) in [5.74, 6) is 1.27. The molecule has 0 saturated heterocycles. The first-order valence-electron chi connectivity index (χ1n) is 8.36. The van der Waals surface area contributed by atoms with E-state index in [-0.39, 0.29) is 9.77 Å². The van der Waals surface area contributed by atoms with E-state index in [0.29, 0.717) is 34.9 Å². The predicted molar refractivity (Wildman–Crippen MR) is 103 cm³/mol. The fourth-order valence-electron chi connectivity index (χ4n) is 2.98. The summed E-state index contributed by atoms with van der Waals surface area (Å²) in [7, 11) is -2.09. The summed E-state index contributed by atoms with van der Waals surface area (Å²) < 4.78 is 41.4. The molecule has 1 N–H and O–H groups in total. The van der Waals surface area contributed by atoms with E-state index >= 15 is 0 Å². The van der Waals surface area contributed by atoms with Crippen LogP contribution in [-0.2, 0) is 17.1 Å². The minimum Gasteiger partial charge on any atom is -0.486 e. The molecule has 0 spiro atoms. The predicted octanol–water partition coefficient (Wildman–Crippen LogP) is 2.41. The summed E-state index contributed by atoms with van der Waals surface area (Å²) in [4.78, 5) is 11.8. The third-order valence-corrected chi connectivity index (χ3v) is 7.01. The zero-order valence-corrected chi connectivity index (χ0v) is 16.4. The number of aryl methyl sites for hydroxylation is 1. The van der Waals surface area contributed by atoms with Crippen LogP contribution in [0, 0.1) is 0 Å². The van der Waals surface area contributed by atoms with Crippen molar-refractivity contribution in [3.63, 3.8) is 0 Å². The second-order valence-electron chi connectivity index (χ2n) is 6.30. The van der Waals surface area contributed by atoms with Crippen LogP contribution < -0.4 is 19.1 Å². The molecule has 2 aromatic carbocycles. The van der Waals surface area contributed by atoms with Gasteiger partial charge in [-0.25, -0.2) is 13.1 Å². The smallest absolute Gasteiger partial charge is 0.307 e. The van der Waals surface area contributed by atoms with Gasteiger partial charge in [-0.3, -0.25) is 4.79 Å². The molecule has 9 heteroatoms. The fraction of sp³-hybridized carbons (Fsp3) is 0.278. The number of thiazole rings is 1. The van der Waals surface area contributed by atoms with E-state index in [9.17, 15) is 13.2 Å². The van der Waals surface area contributed by atoms with Gasteiger partial charge in [-0.2, -0.15) is 0 Å². The molecule has 27 heavy (non-hydrogen) atoms. The summed E-state index contributed by atoms with van der Waals surface area (Å²) in [6.45, 7) is 2.74. The van der Waals surface area contributed by atoms with Crippen LogP contribution in [0.4, 0.5) is 0 Å². The molecule has 1 aromatic heterocycles. The minimum atomic E-state index is -3.75. The summed E-state index contributed by atoms with van der Waals surface area (Å²) in [5.41, 5.74) is 1.48. The first-order chi connectivity index (χ1) is 12.8. The highest BCUT2D eigenvalue weighted by Gasteiger charge is 2.21. The van der Waals surface area contributed by atoms with Crippen molar-refractivity contribution >= 4 is 31.6 Å². The number of fused-ring (bicyclic) bond motifs is 2. The molecule has 0 fully saturated rings. The van der Waals surface area contributed by atoms with Crippen molar-refractivity contribution in [2.24, 2.45) is 7.05 Å². The number of rotatable bonds is 4. The maximum atomic E-state index is 12.8. The van der Waals surface area contributed by atoms with Crippen LogP contribution in [0.25, 0.3) is 10.2 Å². The maximum Gasteiger partial charge on any atom is 0.307 e. The zero-order chi connectivity index (χ0) is 19.2. The summed E-state index contributed by atoms with van der Waals surface area (Å²) in [5, 5.41) is 0. The maximum absolute atomic E-state index is 12.8. The molecule has 1 atom stereocenters. The normalized spacial score (nSPS) is 15.0. The molecule has 142 valence electrons. The monoisotopic (exact) mass is 406 g/mol. The quantitative estimate of drug-likeness (QED) is 0.719. The molecule has 0 aliphatic carbocycles. The van der Waals surface area contributed by atoms with Gasteiger partial charge in [0.25, 0.3) is 0 Å². The van der Waals surface area contributed by atoms with Gasteiger partial charge in [-0.05, 0) is 42.8 Å². The van der Waals surface area contributed by atoms with Crippen LogP contribution in [0.1, 0.15) is 18.5 Å². The zero-order valence-electron chi connectivity index (χ0n) is 14.8. The van der Waals surface area contributed by atoms with Crippen molar-refractivity contribution in [1.29, 1.82) is 0 Å². The Morgan fingerprint density at radius 2 is 1.85 bits per heavy atom. The molecule has 3 aromatic rings. The fourth-order valence-corrected chi connectivity index (χ4v) is 5.23. The summed E-state index contributed by atoms with van der Waals surface area (Å²) >= 11 is 1.02. The second-order valence-corrected chi connectivity index (χ2v) is 9.01. The van der Waals surface area contributed by atoms with Gasteiger partial charge in [0.2, 0.25) is 10.0 Å². The number of nitrogens with zero attached hydrogens (tertiary/aromatic N) is 1. The van der Waals surface area contributed by atoms with Crippen molar-refractivity contribution in [3.05, 3.63) is 51.6 Å². The first kappa shape index (κ1) is 18.0. The average molecular weight is 406 g/mol. The molecule has 1 aliphatic heterocycles. The Balaban J connectivity index is 1.62. The number of hydrogen-bond acceptors (Lipinski definition) is 6. The Morgan fingerprint density at radius 3 is 2.63 bits per heavy atom. The number of sulfonamides is 1. The van der Waals surface area contributed by atoms with Gasteiger partial charge >= 0.3 is 4.87 Å². The summed E-state index contributed by atoms with van der Waals surface area (Å²) in [6, 6.07) is 9.60. The molecule has 0 radical (unpaired) electrons. The lowest BCUT2D eigenvalue weighted by Crippen LogP contribution is -2.27. The van der Waals surface area contributed by atoms with Gasteiger partial charge in [0.05, 0.1) is 15.1 Å². The van der Waals surface area contributed by atoms with Crippen LogP contribution in [0.3, 0.4) is 0 Å². The van der Waals surface area contributed by atoms with Crippen molar-refractivity contribution in [2.45, 2.75) is 17.9 Å². The molecule has 7 nitrogen and oxygen atoms in total. The molecular weight excluding hydrogens is 388 g/mol. The highest BCUT2D eigenvalue weighted by Crippen LogP contribution is 2.33. The lowest BCUT2D eigenvalue weighted by molar-refractivity contribution is 0.171. The van der Waals surface area contributed by atoms with E-state index in [1.54, 1.807) is 32.2 Å². The minimum absolute atomic E-state index is 0.126. The van der Waals surface area contributed by atoms with E-state index in [4.69, 9.17) is 9.47 Å². The van der Waals surface area contributed by atoms with E-state index in [0.717, 1.165) is 16.9 Å². The third-order valence-electron chi connectivity index (χ3n) is 4.47. The lowest BCUT2D eigenvalue weighted by atomic mass is 10.1. The van der Waals surface area contributed by atoms with E-state index in [2.05, 4.69) is 4.72 Å². The van der Waals surface area contributed by atoms with Gasteiger partial charge in [0, 0.05) is 13.1 Å². The Hall–Kier alpha value is -2.36. The van der Waals surface area contributed by atoms with Gasteiger partial charge in [0.1, 0.15) is 13.2 Å². The molecule has 0 bridgehead atoms. The second kappa shape index (κ2) is 6.66. The molecule has 0 unspecified atom stereocenters. The molecule has 0 amide bonds. The van der Waals surface area contributed by atoms with Crippen LogP contribution in [0.15, 0.2) is 46.1 Å². The Labute approximate surface area is 160 Å². The van der Waals surface area contributed by atoms with Crippen LogP contribution >= 0.6 is 11.3 Å².